The van der Waals surface area contributed by atoms with E-state index in [1.807, 2.05) is 0 Å². The summed E-state index contributed by atoms with van der Waals surface area (Å²) in [5.74, 6) is -0.0320. The maximum Gasteiger partial charge on any atom is 0.320 e. The quantitative estimate of drug-likeness (QED) is 0.630. The predicted molar refractivity (Wildman–Crippen MR) is 59.7 cm³/mol. The Morgan fingerprint density at radius 1 is 1.53 bits per heavy atom. The van der Waals surface area contributed by atoms with Gasteiger partial charge in [0.2, 0.25) is 0 Å². The Labute approximate surface area is 91.4 Å². The fourth-order valence-electron chi connectivity index (χ4n) is 1.72. The molecule has 0 aromatic rings. The number of aliphatic carboxylic acids is 1. The molecule has 1 saturated carbocycles. The van der Waals surface area contributed by atoms with Crippen LogP contribution >= 0.6 is 0 Å². The largest absolute Gasteiger partial charge is 0.480 e. The van der Waals surface area contributed by atoms with Gasteiger partial charge in [0.05, 0.1) is 0 Å². The lowest BCUT2D eigenvalue weighted by Gasteiger charge is -2.22. The Morgan fingerprint density at radius 3 is 2.67 bits per heavy atom. The van der Waals surface area contributed by atoms with Crippen LogP contribution in [0.3, 0.4) is 0 Å². The molecule has 15 heavy (non-hydrogen) atoms. The Bertz CT molecular complexity index is 205. The second-order valence-electron chi connectivity index (χ2n) is 4.48. The molecule has 1 atom stereocenters. The molecule has 1 fully saturated rings. The maximum atomic E-state index is 10.6. The number of nitrogens with zero attached hydrogens (tertiary/aromatic N) is 1. The molecule has 0 saturated heterocycles. The SMILES string of the molecule is CCCN(CCC(N)C(=O)O)CC1CC1. The zero-order chi connectivity index (χ0) is 11.3. The number of hydrogen-bond donors (Lipinski definition) is 2. The van der Waals surface area contributed by atoms with Crippen molar-refractivity contribution in [2.45, 2.75) is 38.6 Å². The molecule has 0 heterocycles. The van der Waals surface area contributed by atoms with Crippen LogP contribution in [0.25, 0.3) is 0 Å². The molecule has 0 spiro atoms. The van der Waals surface area contributed by atoms with E-state index in [1.54, 1.807) is 0 Å². The molecule has 0 bridgehead atoms. The number of nitrogens with two attached hydrogens (primary N) is 1. The van der Waals surface area contributed by atoms with Crippen LogP contribution in [-0.4, -0.2) is 41.7 Å². The molecule has 0 aliphatic heterocycles. The van der Waals surface area contributed by atoms with E-state index < -0.39 is 12.0 Å². The summed E-state index contributed by atoms with van der Waals surface area (Å²) in [5, 5.41) is 8.68. The van der Waals surface area contributed by atoms with Crippen LogP contribution in [0.4, 0.5) is 0 Å². The monoisotopic (exact) mass is 214 g/mol. The van der Waals surface area contributed by atoms with Gasteiger partial charge in [-0.15, -0.1) is 0 Å². The minimum absolute atomic E-state index is 0.558. The highest BCUT2D eigenvalue weighted by atomic mass is 16.4. The van der Waals surface area contributed by atoms with Gasteiger partial charge in [0.1, 0.15) is 6.04 Å². The first-order valence-electron chi connectivity index (χ1n) is 5.84. The van der Waals surface area contributed by atoms with Crippen LogP contribution in [0.15, 0.2) is 0 Å². The summed E-state index contributed by atoms with van der Waals surface area (Å²) in [6, 6.07) is -0.705. The number of rotatable bonds is 8. The zero-order valence-electron chi connectivity index (χ0n) is 9.48. The smallest absolute Gasteiger partial charge is 0.320 e. The van der Waals surface area contributed by atoms with E-state index >= 15 is 0 Å². The van der Waals surface area contributed by atoms with Gasteiger partial charge in [-0.2, -0.15) is 0 Å². The van der Waals surface area contributed by atoms with Gasteiger partial charge >= 0.3 is 5.97 Å². The molecule has 4 heteroatoms. The fourth-order valence-corrected chi connectivity index (χ4v) is 1.72. The van der Waals surface area contributed by atoms with Crippen LogP contribution in [-0.2, 0) is 4.79 Å². The lowest BCUT2D eigenvalue weighted by Crippen LogP contribution is -2.36. The summed E-state index contributed by atoms with van der Waals surface area (Å²) in [6.45, 7) is 5.15. The maximum absolute atomic E-state index is 10.6. The van der Waals surface area contributed by atoms with E-state index in [9.17, 15) is 4.79 Å². The van der Waals surface area contributed by atoms with Crippen molar-refractivity contribution in [3.8, 4) is 0 Å². The Balaban J connectivity index is 2.20. The van der Waals surface area contributed by atoms with Crippen molar-refractivity contribution in [1.29, 1.82) is 0 Å². The molecule has 1 rings (SSSR count). The van der Waals surface area contributed by atoms with E-state index in [0.29, 0.717) is 6.42 Å². The molecule has 1 aliphatic rings. The molecule has 3 N–H and O–H groups in total. The van der Waals surface area contributed by atoms with E-state index in [2.05, 4.69) is 11.8 Å². The number of hydrogen-bond acceptors (Lipinski definition) is 3. The third-order valence-corrected chi connectivity index (χ3v) is 2.83. The Hall–Kier alpha value is -0.610. The molecule has 88 valence electrons. The molecule has 1 aliphatic carbocycles. The third-order valence-electron chi connectivity index (χ3n) is 2.83. The lowest BCUT2D eigenvalue weighted by atomic mass is 10.2. The van der Waals surface area contributed by atoms with Gasteiger partial charge in [-0.3, -0.25) is 4.79 Å². The number of carboxylic acid groups (broad SMARTS) is 1. The summed E-state index contributed by atoms with van der Waals surface area (Å²) < 4.78 is 0. The molecular formula is C11H22N2O2. The first kappa shape index (κ1) is 12.5. The van der Waals surface area contributed by atoms with Gasteiger partial charge in [-0.25, -0.2) is 0 Å². The highest BCUT2D eigenvalue weighted by molar-refractivity contribution is 5.72. The molecule has 0 aromatic carbocycles. The van der Waals surface area contributed by atoms with Crippen LogP contribution in [0.5, 0.6) is 0 Å². The van der Waals surface area contributed by atoms with E-state index in [0.717, 1.165) is 32.0 Å². The third kappa shape index (κ3) is 5.14. The predicted octanol–water partition coefficient (Wildman–Crippen LogP) is 0.910. The van der Waals surface area contributed by atoms with Crippen molar-refractivity contribution in [2.75, 3.05) is 19.6 Å². The topological polar surface area (TPSA) is 66.6 Å². The van der Waals surface area contributed by atoms with Crippen LogP contribution in [0.2, 0.25) is 0 Å². The first-order valence-corrected chi connectivity index (χ1v) is 5.84. The van der Waals surface area contributed by atoms with Crippen molar-refractivity contribution in [2.24, 2.45) is 11.7 Å². The van der Waals surface area contributed by atoms with Gasteiger partial charge < -0.3 is 15.7 Å². The molecule has 0 aromatic heterocycles. The van der Waals surface area contributed by atoms with Gasteiger partial charge in [0, 0.05) is 13.1 Å². The normalized spacial score (nSPS) is 18.1. The minimum atomic E-state index is -0.891. The summed E-state index contributed by atoms with van der Waals surface area (Å²) in [6.07, 6.45) is 4.35. The van der Waals surface area contributed by atoms with Crippen molar-refractivity contribution in [1.82, 2.24) is 4.90 Å². The van der Waals surface area contributed by atoms with E-state index in [1.165, 1.54) is 12.8 Å². The number of carboxylic acids is 1. The van der Waals surface area contributed by atoms with E-state index in [4.69, 9.17) is 10.8 Å². The Morgan fingerprint density at radius 2 is 2.20 bits per heavy atom. The molecule has 4 nitrogen and oxygen atoms in total. The Kier molecular flexibility index (Phi) is 5.05. The molecule has 0 amide bonds. The van der Waals surface area contributed by atoms with Gasteiger partial charge in [0.25, 0.3) is 0 Å². The van der Waals surface area contributed by atoms with Gasteiger partial charge in [-0.1, -0.05) is 6.92 Å². The zero-order valence-corrected chi connectivity index (χ0v) is 9.48. The fraction of sp³-hybridized carbons (Fsp3) is 0.909. The molecule has 0 radical (unpaired) electrons. The number of carbonyl (C=O) groups is 1. The van der Waals surface area contributed by atoms with Gasteiger partial charge in [-0.05, 0) is 38.1 Å². The summed E-state index contributed by atoms with van der Waals surface area (Å²) in [7, 11) is 0. The van der Waals surface area contributed by atoms with Crippen LogP contribution in [0, 0.1) is 5.92 Å². The second-order valence-corrected chi connectivity index (χ2v) is 4.48. The summed E-state index contributed by atoms with van der Waals surface area (Å²) >= 11 is 0. The highest BCUT2D eigenvalue weighted by Crippen LogP contribution is 2.29. The average molecular weight is 214 g/mol. The minimum Gasteiger partial charge on any atom is -0.480 e. The van der Waals surface area contributed by atoms with Crippen molar-refractivity contribution in [3.63, 3.8) is 0 Å². The van der Waals surface area contributed by atoms with E-state index in [-0.39, 0.29) is 0 Å². The molecule has 1 unspecified atom stereocenters. The lowest BCUT2D eigenvalue weighted by molar-refractivity contribution is -0.138. The van der Waals surface area contributed by atoms with Crippen molar-refractivity contribution >= 4 is 5.97 Å². The molecular weight excluding hydrogens is 192 g/mol. The summed E-state index contributed by atoms with van der Waals surface area (Å²) in [5.41, 5.74) is 5.48. The second kappa shape index (κ2) is 6.08. The van der Waals surface area contributed by atoms with Crippen molar-refractivity contribution < 1.29 is 9.90 Å². The standard InChI is InChI=1S/C11H22N2O2/c1-2-6-13(8-9-3-4-9)7-5-10(12)11(14)15/h9-10H,2-8,12H2,1H3,(H,14,15). The van der Waals surface area contributed by atoms with Gasteiger partial charge in [0.15, 0.2) is 0 Å². The average Bonchev–Trinajstić information content (AvgIpc) is 2.97. The van der Waals surface area contributed by atoms with Crippen LogP contribution < -0.4 is 5.73 Å². The first-order chi connectivity index (χ1) is 7.13. The van der Waals surface area contributed by atoms with Crippen molar-refractivity contribution in [3.05, 3.63) is 0 Å². The highest BCUT2D eigenvalue weighted by Gasteiger charge is 2.24. The summed E-state index contributed by atoms with van der Waals surface area (Å²) in [4.78, 5) is 12.9. The van der Waals surface area contributed by atoms with Crippen LogP contribution in [0.1, 0.15) is 32.6 Å².